The first-order chi connectivity index (χ1) is 10.7. The van der Waals surface area contributed by atoms with E-state index in [2.05, 4.69) is 17.4 Å². The van der Waals surface area contributed by atoms with Gasteiger partial charge in [-0.15, -0.1) is 0 Å². The molecule has 1 aromatic carbocycles. The maximum Gasteiger partial charge on any atom is 0.223 e. The normalized spacial score (nSPS) is 21.7. The summed E-state index contributed by atoms with van der Waals surface area (Å²) in [5, 5.41) is 3.97. The fourth-order valence-corrected chi connectivity index (χ4v) is 3.85. The van der Waals surface area contributed by atoms with E-state index in [-0.39, 0.29) is 17.2 Å². The van der Waals surface area contributed by atoms with Gasteiger partial charge in [-0.1, -0.05) is 36.6 Å². The Morgan fingerprint density at radius 2 is 1.82 bits per heavy atom. The second kappa shape index (κ2) is 7.01. The highest BCUT2D eigenvalue weighted by molar-refractivity contribution is 6.30. The van der Waals surface area contributed by atoms with Crippen LogP contribution in [0.5, 0.6) is 0 Å². The van der Waals surface area contributed by atoms with E-state index in [1.807, 2.05) is 12.1 Å². The maximum atomic E-state index is 12.4. The summed E-state index contributed by atoms with van der Waals surface area (Å²) >= 11 is 6.02. The molecule has 0 unspecified atom stereocenters. The third-order valence-corrected chi connectivity index (χ3v) is 5.49. The summed E-state index contributed by atoms with van der Waals surface area (Å²) < 4.78 is 5.54. The summed E-state index contributed by atoms with van der Waals surface area (Å²) in [7, 11) is 0. The third kappa shape index (κ3) is 3.47. The van der Waals surface area contributed by atoms with Crippen molar-refractivity contribution in [1.82, 2.24) is 5.32 Å². The molecule has 1 aromatic rings. The van der Waals surface area contributed by atoms with Gasteiger partial charge in [-0.25, -0.2) is 0 Å². The minimum absolute atomic E-state index is 0.0168. The number of benzene rings is 1. The van der Waals surface area contributed by atoms with Crippen molar-refractivity contribution in [3.63, 3.8) is 0 Å². The SMILES string of the molecule is O=C(NCC1(c2ccc(Cl)cc2)CCOCC1)C1CCCC1. The van der Waals surface area contributed by atoms with Crippen LogP contribution in [0.4, 0.5) is 0 Å². The Bertz CT molecular complexity index is 502. The van der Waals surface area contributed by atoms with Crippen molar-refractivity contribution >= 4 is 17.5 Å². The average molecular weight is 322 g/mol. The molecule has 22 heavy (non-hydrogen) atoms. The highest BCUT2D eigenvalue weighted by atomic mass is 35.5. The minimum atomic E-state index is -0.0168. The maximum absolute atomic E-state index is 12.4. The number of nitrogens with one attached hydrogen (secondary N) is 1. The van der Waals surface area contributed by atoms with Crippen LogP contribution in [0.3, 0.4) is 0 Å². The molecule has 1 saturated carbocycles. The Hall–Kier alpha value is -1.06. The molecule has 4 heteroatoms. The van der Waals surface area contributed by atoms with Gasteiger partial charge in [0.2, 0.25) is 5.91 Å². The van der Waals surface area contributed by atoms with Gasteiger partial charge in [0.25, 0.3) is 0 Å². The van der Waals surface area contributed by atoms with Crippen LogP contribution in [0.1, 0.15) is 44.1 Å². The second-order valence-corrected chi connectivity index (χ2v) is 7.04. The molecule has 0 atom stereocenters. The molecule has 1 N–H and O–H groups in total. The number of amides is 1. The second-order valence-electron chi connectivity index (χ2n) is 6.60. The fourth-order valence-electron chi connectivity index (χ4n) is 3.72. The number of hydrogen-bond acceptors (Lipinski definition) is 2. The smallest absolute Gasteiger partial charge is 0.223 e. The van der Waals surface area contributed by atoms with Gasteiger partial charge >= 0.3 is 0 Å². The molecule has 0 spiro atoms. The molecular weight excluding hydrogens is 298 g/mol. The number of halogens is 1. The van der Waals surface area contributed by atoms with E-state index < -0.39 is 0 Å². The van der Waals surface area contributed by atoms with E-state index in [9.17, 15) is 4.79 Å². The quantitative estimate of drug-likeness (QED) is 0.918. The number of ether oxygens (including phenoxy) is 1. The molecular formula is C18H24ClNO2. The molecule has 1 aliphatic carbocycles. The number of carbonyl (C=O) groups excluding carboxylic acids is 1. The van der Waals surface area contributed by atoms with Gasteiger partial charge in [-0.2, -0.15) is 0 Å². The summed E-state index contributed by atoms with van der Waals surface area (Å²) in [5.41, 5.74) is 1.24. The van der Waals surface area contributed by atoms with Crippen molar-refractivity contribution in [2.45, 2.75) is 43.9 Å². The fraction of sp³-hybridized carbons (Fsp3) is 0.611. The molecule has 0 radical (unpaired) electrons. The average Bonchev–Trinajstić information content (AvgIpc) is 3.09. The van der Waals surface area contributed by atoms with Gasteiger partial charge in [0, 0.05) is 36.1 Å². The van der Waals surface area contributed by atoms with Gasteiger partial charge in [0.05, 0.1) is 0 Å². The predicted molar refractivity (Wildman–Crippen MR) is 88.2 cm³/mol. The van der Waals surface area contributed by atoms with Crippen molar-refractivity contribution < 1.29 is 9.53 Å². The monoisotopic (exact) mass is 321 g/mol. The van der Waals surface area contributed by atoms with Gasteiger partial charge in [-0.3, -0.25) is 4.79 Å². The highest BCUT2D eigenvalue weighted by Gasteiger charge is 2.35. The van der Waals surface area contributed by atoms with Crippen LogP contribution in [0, 0.1) is 5.92 Å². The lowest BCUT2D eigenvalue weighted by Crippen LogP contribution is -2.45. The molecule has 1 amide bonds. The molecule has 2 aliphatic rings. The van der Waals surface area contributed by atoms with Gasteiger partial charge in [0.1, 0.15) is 0 Å². The summed E-state index contributed by atoms with van der Waals surface area (Å²) in [5.74, 6) is 0.458. The largest absolute Gasteiger partial charge is 0.381 e. The van der Waals surface area contributed by atoms with Crippen molar-refractivity contribution in [3.05, 3.63) is 34.9 Å². The standard InChI is InChI=1S/C18H24ClNO2/c19-16-7-5-15(6-8-16)18(9-11-22-12-10-18)13-20-17(21)14-3-1-2-4-14/h5-8,14H,1-4,9-13H2,(H,20,21). The zero-order valence-corrected chi connectivity index (χ0v) is 13.7. The van der Waals surface area contributed by atoms with Crippen LogP contribution < -0.4 is 5.32 Å². The number of hydrogen-bond donors (Lipinski definition) is 1. The van der Waals surface area contributed by atoms with Crippen LogP contribution >= 0.6 is 11.6 Å². The molecule has 3 nitrogen and oxygen atoms in total. The van der Waals surface area contributed by atoms with E-state index >= 15 is 0 Å². The van der Waals surface area contributed by atoms with Crippen molar-refractivity contribution in [1.29, 1.82) is 0 Å². The lowest BCUT2D eigenvalue weighted by molar-refractivity contribution is -0.125. The Kier molecular flexibility index (Phi) is 5.04. The van der Waals surface area contributed by atoms with Crippen LogP contribution in [-0.2, 0) is 14.9 Å². The molecule has 3 rings (SSSR count). The van der Waals surface area contributed by atoms with Crippen molar-refractivity contribution in [3.8, 4) is 0 Å². The van der Waals surface area contributed by atoms with Crippen LogP contribution in [-0.4, -0.2) is 25.7 Å². The summed E-state index contributed by atoms with van der Waals surface area (Å²) in [6, 6.07) is 8.06. The van der Waals surface area contributed by atoms with Crippen LogP contribution in [0.2, 0.25) is 5.02 Å². The summed E-state index contributed by atoms with van der Waals surface area (Å²) in [6.07, 6.45) is 6.35. The first-order valence-electron chi connectivity index (χ1n) is 8.31. The number of rotatable bonds is 4. The first kappa shape index (κ1) is 15.8. The Morgan fingerprint density at radius 3 is 2.45 bits per heavy atom. The molecule has 1 saturated heterocycles. The number of carbonyl (C=O) groups is 1. The Balaban J connectivity index is 1.71. The molecule has 0 aromatic heterocycles. The van der Waals surface area contributed by atoms with Crippen LogP contribution in [0.25, 0.3) is 0 Å². The molecule has 1 aliphatic heterocycles. The third-order valence-electron chi connectivity index (χ3n) is 5.23. The van der Waals surface area contributed by atoms with E-state index in [0.29, 0.717) is 6.54 Å². The first-order valence-corrected chi connectivity index (χ1v) is 8.69. The van der Waals surface area contributed by atoms with E-state index in [0.717, 1.165) is 43.9 Å². The molecule has 1 heterocycles. The van der Waals surface area contributed by atoms with Crippen LogP contribution in [0.15, 0.2) is 24.3 Å². The zero-order valence-electron chi connectivity index (χ0n) is 12.9. The van der Waals surface area contributed by atoms with Gasteiger partial charge < -0.3 is 10.1 Å². The topological polar surface area (TPSA) is 38.3 Å². The van der Waals surface area contributed by atoms with E-state index in [1.54, 1.807) is 0 Å². The Labute approximate surface area is 137 Å². The summed E-state index contributed by atoms with van der Waals surface area (Å²) in [6.45, 7) is 2.21. The van der Waals surface area contributed by atoms with E-state index in [4.69, 9.17) is 16.3 Å². The highest BCUT2D eigenvalue weighted by Crippen LogP contribution is 2.35. The lowest BCUT2D eigenvalue weighted by Gasteiger charge is -2.38. The van der Waals surface area contributed by atoms with Gasteiger partial charge in [-0.05, 0) is 43.4 Å². The summed E-state index contributed by atoms with van der Waals surface area (Å²) in [4.78, 5) is 12.4. The van der Waals surface area contributed by atoms with Crippen molar-refractivity contribution in [2.75, 3.05) is 19.8 Å². The molecule has 120 valence electrons. The zero-order chi connectivity index (χ0) is 15.4. The predicted octanol–water partition coefficient (Wildman–Crippen LogP) is 3.69. The Morgan fingerprint density at radius 1 is 1.18 bits per heavy atom. The minimum Gasteiger partial charge on any atom is -0.381 e. The van der Waals surface area contributed by atoms with Gasteiger partial charge in [0.15, 0.2) is 0 Å². The molecule has 2 fully saturated rings. The lowest BCUT2D eigenvalue weighted by atomic mass is 9.74. The molecule has 0 bridgehead atoms. The van der Waals surface area contributed by atoms with E-state index in [1.165, 1.54) is 18.4 Å². The van der Waals surface area contributed by atoms with Crippen molar-refractivity contribution in [2.24, 2.45) is 5.92 Å².